The van der Waals surface area contributed by atoms with Crippen molar-refractivity contribution in [2.75, 3.05) is 14.2 Å². The van der Waals surface area contributed by atoms with Gasteiger partial charge in [-0.1, -0.05) is 18.2 Å². The summed E-state index contributed by atoms with van der Waals surface area (Å²) in [5.41, 5.74) is 6.90. The van der Waals surface area contributed by atoms with Crippen LogP contribution in [0.2, 0.25) is 0 Å². The maximum atomic E-state index is 12.3. The zero-order chi connectivity index (χ0) is 13.8. The first-order valence-electron chi connectivity index (χ1n) is 6.74. The van der Waals surface area contributed by atoms with E-state index in [9.17, 15) is 4.79 Å². The molecule has 19 heavy (non-hydrogen) atoms. The van der Waals surface area contributed by atoms with E-state index >= 15 is 0 Å². The van der Waals surface area contributed by atoms with Gasteiger partial charge in [-0.05, 0) is 25.3 Å². The number of carbonyl (C=O) groups is 1. The molecule has 0 heterocycles. The van der Waals surface area contributed by atoms with Crippen LogP contribution in [-0.4, -0.2) is 31.0 Å². The summed E-state index contributed by atoms with van der Waals surface area (Å²) >= 11 is 0. The fraction of sp³-hybridized carbons (Fsp3) is 0.533. The molecule has 4 heteroatoms. The lowest BCUT2D eigenvalue weighted by molar-refractivity contribution is -0.134. The molecule has 1 saturated carbocycles. The van der Waals surface area contributed by atoms with Crippen LogP contribution in [0.4, 0.5) is 0 Å². The molecule has 1 aromatic rings. The maximum absolute atomic E-state index is 12.3. The monoisotopic (exact) mass is 262 g/mol. The third kappa shape index (κ3) is 3.26. The predicted molar refractivity (Wildman–Crippen MR) is 74.8 cm³/mol. The van der Waals surface area contributed by atoms with Crippen molar-refractivity contribution in [2.45, 2.75) is 31.8 Å². The highest BCUT2D eigenvalue weighted by atomic mass is 16.5. The Morgan fingerprint density at radius 2 is 2.16 bits per heavy atom. The van der Waals surface area contributed by atoms with Crippen molar-refractivity contribution in [1.82, 2.24) is 4.90 Å². The molecule has 1 amide bonds. The zero-order valence-corrected chi connectivity index (χ0v) is 11.6. The molecule has 2 unspecified atom stereocenters. The Balaban J connectivity index is 2.00. The van der Waals surface area contributed by atoms with Crippen LogP contribution < -0.4 is 10.5 Å². The van der Waals surface area contributed by atoms with E-state index < -0.39 is 0 Å². The van der Waals surface area contributed by atoms with Gasteiger partial charge in [0.15, 0.2) is 0 Å². The average molecular weight is 262 g/mol. The van der Waals surface area contributed by atoms with Gasteiger partial charge in [-0.3, -0.25) is 4.79 Å². The lowest BCUT2D eigenvalue weighted by Crippen LogP contribution is -2.32. The summed E-state index contributed by atoms with van der Waals surface area (Å²) in [5, 5.41) is 0. The second-order valence-electron chi connectivity index (χ2n) is 5.28. The molecule has 2 atom stereocenters. The summed E-state index contributed by atoms with van der Waals surface area (Å²) < 4.78 is 5.31. The quantitative estimate of drug-likeness (QED) is 0.900. The van der Waals surface area contributed by atoms with Crippen molar-refractivity contribution in [3.63, 3.8) is 0 Å². The molecule has 2 N–H and O–H groups in total. The van der Waals surface area contributed by atoms with Gasteiger partial charge in [-0.2, -0.15) is 0 Å². The van der Waals surface area contributed by atoms with E-state index in [0.717, 1.165) is 30.6 Å². The standard InChI is InChI=1S/C15H22N2O2/c1-17(15(18)11-7-8-13(16)9-11)10-12-5-3-4-6-14(12)19-2/h3-6,11,13H,7-10,16H2,1-2H3. The van der Waals surface area contributed by atoms with E-state index in [0.29, 0.717) is 6.54 Å². The third-order valence-electron chi connectivity index (χ3n) is 3.80. The summed E-state index contributed by atoms with van der Waals surface area (Å²) in [6.45, 7) is 0.578. The highest BCUT2D eigenvalue weighted by Gasteiger charge is 2.29. The minimum Gasteiger partial charge on any atom is -0.496 e. The Morgan fingerprint density at radius 1 is 1.42 bits per heavy atom. The number of hydrogen-bond acceptors (Lipinski definition) is 3. The number of para-hydroxylation sites is 1. The highest BCUT2D eigenvalue weighted by molar-refractivity contribution is 5.79. The van der Waals surface area contributed by atoms with E-state index in [1.807, 2.05) is 31.3 Å². The fourth-order valence-corrected chi connectivity index (χ4v) is 2.72. The summed E-state index contributed by atoms with van der Waals surface area (Å²) in [5.74, 6) is 1.11. The number of ether oxygens (including phenoxy) is 1. The summed E-state index contributed by atoms with van der Waals surface area (Å²) in [6, 6.07) is 7.98. The smallest absolute Gasteiger partial charge is 0.225 e. The van der Waals surface area contributed by atoms with Gasteiger partial charge < -0.3 is 15.4 Å². The van der Waals surface area contributed by atoms with Crippen LogP contribution >= 0.6 is 0 Å². The summed E-state index contributed by atoms with van der Waals surface area (Å²) in [4.78, 5) is 14.1. The lowest BCUT2D eigenvalue weighted by Gasteiger charge is -2.22. The molecule has 0 bridgehead atoms. The van der Waals surface area contributed by atoms with E-state index in [-0.39, 0.29) is 17.9 Å². The fourth-order valence-electron chi connectivity index (χ4n) is 2.72. The Hall–Kier alpha value is -1.55. The van der Waals surface area contributed by atoms with Gasteiger partial charge in [-0.25, -0.2) is 0 Å². The molecule has 0 radical (unpaired) electrons. The van der Waals surface area contributed by atoms with Crippen molar-refractivity contribution in [3.8, 4) is 5.75 Å². The number of hydrogen-bond donors (Lipinski definition) is 1. The van der Waals surface area contributed by atoms with Crippen molar-refractivity contribution in [2.24, 2.45) is 11.7 Å². The van der Waals surface area contributed by atoms with Crippen LogP contribution in [0.1, 0.15) is 24.8 Å². The molecule has 0 spiro atoms. The maximum Gasteiger partial charge on any atom is 0.225 e. The predicted octanol–water partition coefficient (Wildman–Crippen LogP) is 1.78. The van der Waals surface area contributed by atoms with Crippen LogP contribution in [0, 0.1) is 5.92 Å². The van der Waals surface area contributed by atoms with E-state index in [2.05, 4.69) is 0 Å². The van der Waals surface area contributed by atoms with E-state index in [1.165, 1.54) is 0 Å². The van der Waals surface area contributed by atoms with Gasteiger partial charge in [0, 0.05) is 31.1 Å². The largest absolute Gasteiger partial charge is 0.496 e. The van der Waals surface area contributed by atoms with E-state index in [1.54, 1.807) is 12.0 Å². The lowest BCUT2D eigenvalue weighted by atomic mass is 10.1. The molecule has 0 saturated heterocycles. The topological polar surface area (TPSA) is 55.6 Å². The average Bonchev–Trinajstić information content (AvgIpc) is 2.85. The zero-order valence-electron chi connectivity index (χ0n) is 11.6. The highest BCUT2D eigenvalue weighted by Crippen LogP contribution is 2.27. The van der Waals surface area contributed by atoms with Gasteiger partial charge in [0.05, 0.1) is 7.11 Å². The number of carbonyl (C=O) groups excluding carboxylic acids is 1. The molecule has 0 aliphatic heterocycles. The molecule has 104 valence electrons. The molecule has 1 fully saturated rings. The molecule has 1 aliphatic rings. The summed E-state index contributed by atoms with van der Waals surface area (Å²) in [7, 11) is 3.50. The van der Waals surface area contributed by atoms with E-state index in [4.69, 9.17) is 10.5 Å². The van der Waals surface area contributed by atoms with Crippen LogP contribution in [0.3, 0.4) is 0 Å². The number of amides is 1. The van der Waals surface area contributed by atoms with Gasteiger partial charge in [0.1, 0.15) is 5.75 Å². The molecule has 1 aromatic carbocycles. The number of nitrogens with zero attached hydrogens (tertiary/aromatic N) is 1. The number of methoxy groups -OCH3 is 1. The van der Waals surface area contributed by atoms with Crippen molar-refractivity contribution < 1.29 is 9.53 Å². The van der Waals surface area contributed by atoms with Crippen LogP contribution in [0.5, 0.6) is 5.75 Å². The van der Waals surface area contributed by atoms with Crippen molar-refractivity contribution in [1.29, 1.82) is 0 Å². The van der Waals surface area contributed by atoms with Gasteiger partial charge in [-0.15, -0.1) is 0 Å². The SMILES string of the molecule is COc1ccccc1CN(C)C(=O)C1CCC(N)C1. The first-order chi connectivity index (χ1) is 9.11. The molecule has 2 rings (SSSR count). The Labute approximate surface area is 114 Å². The van der Waals surface area contributed by atoms with Gasteiger partial charge >= 0.3 is 0 Å². The Kier molecular flexibility index (Phi) is 4.43. The van der Waals surface area contributed by atoms with Crippen LogP contribution in [0.25, 0.3) is 0 Å². The molecule has 4 nitrogen and oxygen atoms in total. The molecular weight excluding hydrogens is 240 g/mol. The van der Waals surface area contributed by atoms with Crippen LogP contribution in [0.15, 0.2) is 24.3 Å². The normalized spacial score (nSPS) is 22.3. The minimum atomic E-state index is 0.0923. The number of benzene rings is 1. The molecular formula is C15H22N2O2. The van der Waals surface area contributed by atoms with Gasteiger partial charge in [0.25, 0.3) is 0 Å². The van der Waals surface area contributed by atoms with Gasteiger partial charge in [0.2, 0.25) is 5.91 Å². The minimum absolute atomic E-state index is 0.0923. The number of nitrogens with two attached hydrogens (primary N) is 1. The molecule has 0 aromatic heterocycles. The Morgan fingerprint density at radius 3 is 2.79 bits per heavy atom. The second kappa shape index (κ2) is 6.06. The second-order valence-corrected chi connectivity index (χ2v) is 5.28. The molecule has 1 aliphatic carbocycles. The summed E-state index contributed by atoms with van der Waals surface area (Å²) in [6.07, 6.45) is 2.68. The number of rotatable bonds is 4. The first kappa shape index (κ1) is 13.9. The first-order valence-corrected chi connectivity index (χ1v) is 6.74. The van der Waals surface area contributed by atoms with Crippen molar-refractivity contribution >= 4 is 5.91 Å². The van der Waals surface area contributed by atoms with Crippen LogP contribution in [-0.2, 0) is 11.3 Å². The van der Waals surface area contributed by atoms with Crippen molar-refractivity contribution in [3.05, 3.63) is 29.8 Å². The Bertz CT molecular complexity index is 448. The third-order valence-corrected chi connectivity index (χ3v) is 3.80.